The highest BCUT2D eigenvalue weighted by molar-refractivity contribution is 5.32. The second-order valence-corrected chi connectivity index (χ2v) is 5.76. The molecule has 4 nitrogen and oxygen atoms in total. The van der Waals surface area contributed by atoms with Crippen molar-refractivity contribution in [1.82, 2.24) is 15.3 Å². The molecule has 4 heteroatoms. The lowest BCUT2D eigenvalue weighted by molar-refractivity contribution is 0.474. The molecule has 3 rings (SSSR count). The molecule has 1 aliphatic rings. The summed E-state index contributed by atoms with van der Waals surface area (Å²) in [5.41, 5.74) is 4.52. The maximum atomic E-state index is 9.54. The Morgan fingerprint density at radius 1 is 1.24 bits per heavy atom. The fourth-order valence-electron chi connectivity index (χ4n) is 3.21. The van der Waals surface area contributed by atoms with Gasteiger partial charge in [0.05, 0.1) is 0 Å². The molecule has 1 aliphatic heterocycles. The Balaban J connectivity index is 1.87. The number of phenolic OH excluding ortho intramolecular Hbond substituents is 1. The molecule has 0 radical (unpaired) electrons. The lowest BCUT2D eigenvalue weighted by Crippen LogP contribution is -2.13. The van der Waals surface area contributed by atoms with Crippen LogP contribution in [-0.2, 0) is 6.42 Å². The lowest BCUT2D eigenvalue weighted by atomic mass is 9.95. The van der Waals surface area contributed by atoms with Gasteiger partial charge >= 0.3 is 0 Å². The zero-order chi connectivity index (χ0) is 14.8. The summed E-state index contributed by atoms with van der Waals surface area (Å²) in [5, 5.41) is 12.9. The van der Waals surface area contributed by atoms with Gasteiger partial charge in [0.2, 0.25) is 0 Å². The molecule has 1 aromatic heterocycles. The van der Waals surface area contributed by atoms with Crippen molar-refractivity contribution in [2.75, 3.05) is 13.1 Å². The van der Waals surface area contributed by atoms with Crippen molar-refractivity contribution in [1.29, 1.82) is 0 Å². The lowest BCUT2D eigenvalue weighted by Gasteiger charge is -2.15. The van der Waals surface area contributed by atoms with Crippen LogP contribution in [0.15, 0.2) is 24.3 Å². The first kappa shape index (κ1) is 14.0. The molecule has 2 aromatic rings. The number of hydrogen-bond donors (Lipinski definition) is 2. The van der Waals surface area contributed by atoms with Gasteiger partial charge in [-0.3, -0.25) is 0 Å². The van der Waals surface area contributed by atoms with Crippen LogP contribution in [0.2, 0.25) is 0 Å². The molecule has 110 valence electrons. The minimum atomic E-state index is 0.287. The van der Waals surface area contributed by atoms with Gasteiger partial charge in [-0.05, 0) is 50.1 Å². The fraction of sp³-hybridized carbons (Fsp3) is 0.412. The first-order chi connectivity index (χ1) is 10.1. The van der Waals surface area contributed by atoms with Crippen LogP contribution in [0.3, 0.4) is 0 Å². The molecule has 0 bridgehead atoms. The molecule has 0 saturated carbocycles. The number of rotatable bonds is 3. The van der Waals surface area contributed by atoms with E-state index in [0.29, 0.717) is 12.3 Å². The molecule has 2 heterocycles. The van der Waals surface area contributed by atoms with E-state index in [1.807, 2.05) is 12.1 Å². The summed E-state index contributed by atoms with van der Waals surface area (Å²) in [6.45, 7) is 6.26. The number of aromatic hydroxyl groups is 1. The van der Waals surface area contributed by atoms with E-state index in [1.54, 1.807) is 12.1 Å². The minimum absolute atomic E-state index is 0.287. The molecular formula is C17H21N3O. The summed E-state index contributed by atoms with van der Waals surface area (Å²) in [6, 6.07) is 7.28. The van der Waals surface area contributed by atoms with E-state index in [0.717, 1.165) is 42.3 Å². The van der Waals surface area contributed by atoms with Gasteiger partial charge in [0.15, 0.2) is 0 Å². The van der Waals surface area contributed by atoms with Crippen molar-refractivity contribution in [3.8, 4) is 5.75 Å². The highest BCUT2D eigenvalue weighted by atomic mass is 16.3. The molecule has 1 fully saturated rings. The molecular weight excluding hydrogens is 262 g/mol. The number of nitrogens with one attached hydrogen (secondary N) is 1. The number of hydrogen-bond acceptors (Lipinski definition) is 4. The van der Waals surface area contributed by atoms with Gasteiger partial charge in [-0.25, -0.2) is 9.97 Å². The summed E-state index contributed by atoms with van der Waals surface area (Å²) < 4.78 is 0. The summed E-state index contributed by atoms with van der Waals surface area (Å²) in [7, 11) is 0. The van der Waals surface area contributed by atoms with Crippen molar-refractivity contribution in [3.05, 3.63) is 52.6 Å². The van der Waals surface area contributed by atoms with Gasteiger partial charge in [0, 0.05) is 30.3 Å². The van der Waals surface area contributed by atoms with E-state index in [4.69, 9.17) is 0 Å². The van der Waals surface area contributed by atoms with Crippen molar-refractivity contribution in [2.24, 2.45) is 0 Å². The number of benzene rings is 1. The Morgan fingerprint density at radius 2 is 2.00 bits per heavy atom. The Morgan fingerprint density at radius 3 is 2.62 bits per heavy atom. The maximum absolute atomic E-state index is 9.54. The van der Waals surface area contributed by atoms with Crippen molar-refractivity contribution >= 4 is 0 Å². The molecule has 1 atom stereocenters. The van der Waals surface area contributed by atoms with Gasteiger partial charge in [-0.1, -0.05) is 12.1 Å². The van der Waals surface area contributed by atoms with E-state index < -0.39 is 0 Å². The van der Waals surface area contributed by atoms with Crippen LogP contribution < -0.4 is 5.32 Å². The standard InChI is InChI=1S/C17H21N3O/c1-11-17(14-6-7-18-10-14)12(2)20-16(19-11)9-13-4-3-5-15(21)8-13/h3-5,8,14,18,21H,6-7,9-10H2,1-2H3. The highest BCUT2D eigenvalue weighted by Gasteiger charge is 2.22. The highest BCUT2D eigenvalue weighted by Crippen LogP contribution is 2.27. The van der Waals surface area contributed by atoms with Gasteiger partial charge in [0.1, 0.15) is 11.6 Å². The smallest absolute Gasteiger partial charge is 0.133 e. The van der Waals surface area contributed by atoms with Crippen molar-refractivity contribution in [3.63, 3.8) is 0 Å². The van der Waals surface area contributed by atoms with Crippen LogP contribution >= 0.6 is 0 Å². The predicted octanol–water partition coefficient (Wildman–Crippen LogP) is 2.47. The monoisotopic (exact) mass is 283 g/mol. The van der Waals surface area contributed by atoms with Gasteiger partial charge in [-0.15, -0.1) is 0 Å². The van der Waals surface area contributed by atoms with Crippen LogP contribution in [0, 0.1) is 13.8 Å². The molecule has 0 amide bonds. The molecule has 21 heavy (non-hydrogen) atoms. The number of phenols is 1. The molecule has 1 unspecified atom stereocenters. The Hall–Kier alpha value is -1.94. The summed E-state index contributed by atoms with van der Waals surface area (Å²) in [4.78, 5) is 9.37. The topological polar surface area (TPSA) is 58.0 Å². The Labute approximate surface area is 125 Å². The van der Waals surface area contributed by atoms with Crippen molar-refractivity contribution in [2.45, 2.75) is 32.6 Å². The quantitative estimate of drug-likeness (QED) is 0.908. The second kappa shape index (κ2) is 5.82. The van der Waals surface area contributed by atoms with E-state index >= 15 is 0 Å². The number of aryl methyl sites for hydroxylation is 2. The van der Waals surface area contributed by atoms with Gasteiger partial charge < -0.3 is 10.4 Å². The SMILES string of the molecule is Cc1nc(Cc2cccc(O)c2)nc(C)c1C1CCNC1. The van der Waals surface area contributed by atoms with Crippen molar-refractivity contribution < 1.29 is 5.11 Å². The first-order valence-corrected chi connectivity index (χ1v) is 7.46. The summed E-state index contributed by atoms with van der Waals surface area (Å²) in [6.07, 6.45) is 1.82. The van der Waals surface area contributed by atoms with E-state index in [2.05, 4.69) is 29.1 Å². The minimum Gasteiger partial charge on any atom is -0.508 e. The third kappa shape index (κ3) is 3.05. The average molecular weight is 283 g/mol. The molecule has 0 spiro atoms. The Bertz CT molecular complexity index is 625. The molecule has 1 aromatic carbocycles. The van der Waals surface area contributed by atoms with Gasteiger partial charge in [-0.2, -0.15) is 0 Å². The summed E-state index contributed by atoms with van der Waals surface area (Å²) >= 11 is 0. The normalized spacial score (nSPS) is 18.1. The average Bonchev–Trinajstić information content (AvgIpc) is 2.91. The van der Waals surface area contributed by atoms with E-state index in [9.17, 15) is 5.11 Å². The number of nitrogens with zero attached hydrogens (tertiary/aromatic N) is 2. The molecule has 2 N–H and O–H groups in total. The zero-order valence-corrected chi connectivity index (χ0v) is 12.6. The largest absolute Gasteiger partial charge is 0.508 e. The summed E-state index contributed by atoms with van der Waals surface area (Å²) in [5.74, 6) is 1.65. The first-order valence-electron chi connectivity index (χ1n) is 7.46. The van der Waals surface area contributed by atoms with E-state index in [-0.39, 0.29) is 5.75 Å². The third-order valence-corrected chi connectivity index (χ3v) is 4.11. The van der Waals surface area contributed by atoms with Crippen LogP contribution in [0.1, 0.15) is 40.7 Å². The maximum Gasteiger partial charge on any atom is 0.133 e. The van der Waals surface area contributed by atoms with Crippen LogP contribution in [0.4, 0.5) is 0 Å². The fourth-order valence-corrected chi connectivity index (χ4v) is 3.21. The second-order valence-electron chi connectivity index (χ2n) is 5.76. The predicted molar refractivity (Wildman–Crippen MR) is 82.6 cm³/mol. The molecule has 0 aliphatic carbocycles. The Kier molecular flexibility index (Phi) is 3.88. The zero-order valence-electron chi connectivity index (χ0n) is 12.6. The van der Waals surface area contributed by atoms with Crippen LogP contribution in [-0.4, -0.2) is 28.2 Å². The molecule has 1 saturated heterocycles. The number of aromatic nitrogens is 2. The van der Waals surface area contributed by atoms with Crippen LogP contribution in [0.5, 0.6) is 5.75 Å². The third-order valence-electron chi connectivity index (χ3n) is 4.11. The van der Waals surface area contributed by atoms with Crippen LogP contribution in [0.25, 0.3) is 0 Å². The van der Waals surface area contributed by atoms with Gasteiger partial charge in [0.25, 0.3) is 0 Å². The van der Waals surface area contributed by atoms with E-state index in [1.165, 1.54) is 5.56 Å².